The van der Waals surface area contributed by atoms with Crippen LogP contribution in [0.1, 0.15) is 26.2 Å². The van der Waals surface area contributed by atoms with Gasteiger partial charge in [-0.1, -0.05) is 13.3 Å². The average molecular weight is 386 g/mol. The summed E-state index contributed by atoms with van der Waals surface area (Å²) >= 11 is 5.41. The Hall–Kier alpha value is -1.08. The molecule has 1 aliphatic rings. The Morgan fingerprint density at radius 3 is 2.56 bits per heavy atom. The Morgan fingerprint density at radius 1 is 1.40 bits per heavy atom. The van der Waals surface area contributed by atoms with Crippen LogP contribution in [0.15, 0.2) is 5.29 Å². The number of aliphatic hydroxyl groups excluding tert-OH is 4. The lowest BCUT2D eigenvalue weighted by atomic mass is 9.89. The van der Waals surface area contributed by atoms with Gasteiger partial charge >= 0.3 is 6.03 Å². The second-order valence-electron chi connectivity index (χ2n) is 5.74. The molecule has 1 heterocycles. The fourth-order valence-electron chi connectivity index (χ4n) is 2.45. The van der Waals surface area contributed by atoms with E-state index >= 15 is 0 Å². The molecule has 1 aliphatic heterocycles. The maximum absolute atomic E-state index is 11.8. The van der Waals surface area contributed by atoms with Gasteiger partial charge in [0.15, 0.2) is 12.0 Å². The Bertz CT molecular complexity index is 459. The van der Waals surface area contributed by atoms with Crippen LogP contribution in [0.5, 0.6) is 0 Å². The minimum Gasteiger partial charge on any atom is -0.387 e. The number of hydrogen-bond donors (Lipinski definition) is 6. The number of nitrogens with zero attached hydrogens (tertiary/aromatic N) is 2. The van der Waals surface area contributed by atoms with Crippen LogP contribution in [-0.4, -0.2) is 85.4 Å². The standard InChI is InChI=1S/C13H24ClN3O8/c1-2-3-4-13(23)10(20)8(19)7(18)9(25-13)11(21)15-12(22)17(16-24)6-5-14/h7-11,18-21,23H,2-6H2,1H3,(H,15,22)/t7-,8-,9-,10+,11?,13-/m0/s1. The van der Waals surface area contributed by atoms with Crippen molar-refractivity contribution in [3.8, 4) is 0 Å². The first kappa shape index (κ1) is 22.0. The van der Waals surface area contributed by atoms with Gasteiger partial charge in [-0.15, -0.1) is 16.5 Å². The van der Waals surface area contributed by atoms with Gasteiger partial charge in [-0.2, -0.15) is 5.01 Å². The number of hydrogen-bond acceptors (Lipinski definition) is 9. The van der Waals surface area contributed by atoms with Gasteiger partial charge < -0.3 is 35.6 Å². The largest absolute Gasteiger partial charge is 0.387 e. The van der Waals surface area contributed by atoms with Gasteiger partial charge in [-0.3, -0.25) is 0 Å². The highest BCUT2D eigenvalue weighted by Crippen LogP contribution is 2.33. The number of unbranched alkanes of at least 4 members (excludes halogenated alkanes) is 1. The van der Waals surface area contributed by atoms with Gasteiger partial charge in [0, 0.05) is 12.3 Å². The number of ether oxygens (including phenoxy) is 1. The molecule has 146 valence electrons. The van der Waals surface area contributed by atoms with Gasteiger partial charge in [0.1, 0.15) is 24.4 Å². The molecular formula is C13H24ClN3O8. The van der Waals surface area contributed by atoms with Crippen LogP contribution >= 0.6 is 11.6 Å². The number of carbonyl (C=O) groups is 1. The topological polar surface area (TPSA) is 172 Å². The summed E-state index contributed by atoms with van der Waals surface area (Å²) < 4.78 is 5.18. The van der Waals surface area contributed by atoms with E-state index in [-0.39, 0.29) is 18.8 Å². The van der Waals surface area contributed by atoms with Crippen molar-refractivity contribution >= 4 is 17.6 Å². The van der Waals surface area contributed by atoms with Crippen molar-refractivity contribution in [2.24, 2.45) is 5.29 Å². The van der Waals surface area contributed by atoms with E-state index in [0.29, 0.717) is 17.9 Å². The Balaban J connectivity index is 2.86. The van der Waals surface area contributed by atoms with Crippen molar-refractivity contribution in [1.29, 1.82) is 0 Å². The van der Waals surface area contributed by atoms with Crippen molar-refractivity contribution < 1.29 is 35.1 Å². The first-order valence-corrected chi connectivity index (χ1v) is 8.35. The third-order valence-electron chi connectivity index (χ3n) is 3.91. The van der Waals surface area contributed by atoms with Crippen LogP contribution in [0.3, 0.4) is 0 Å². The summed E-state index contributed by atoms with van der Waals surface area (Å²) in [6.07, 6.45) is -7.99. The first-order valence-electron chi connectivity index (χ1n) is 7.81. The van der Waals surface area contributed by atoms with Gasteiger partial charge in [0.2, 0.25) is 0 Å². The lowest BCUT2D eigenvalue weighted by Gasteiger charge is -2.47. The van der Waals surface area contributed by atoms with E-state index in [2.05, 4.69) is 5.29 Å². The van der Waals surface area contributed by atoms with Gasteiger partial charge in [-0.25, -0.2) is 4.79 Å². The van der Waals surface area contributed by atoms with Crippen LogP contribution in [0, 0.1) is 4.91 Å². The number of nitrogens with one attached hydrogen (secondary N) is 1. The number of aliphatic hydroxyl groups is 5. The third kappa shape index (κ3) is 5.20. The molecule has 25 heavy (non-hydrogen) atoms. The van der Waals surface area contributed by atoms with Gasteiger partial charge in [0.05, 0.1) is 11.8 Å². The molecule has 6 atom stereocenters. The molecule has 11 nitrogen and oxygen atoms in total. The van der Waals surface area contributed by atoms with Crippen LogP contribution in [-0.2, 0) is 4.74 Å². The lowest BCUT2D eigenvalue weighted by molar-refractivity contribution is -0.359. The maximum atomic E-state index is 11.8. The molecule has 1 rings (SSSR count). The summed E-state index contributed by atoms with van der Waals surface area (Å²) in [5.74, 6) is -2.30. The zero-order valence-electron chi connectivity index (χ0n) is 13.7. The Labute approximate surface area is 149 Å². The van der Waals surface area contributed by atoms with Crippen LogP contribution in [0.25, 0.3) is 0 Å². The zero-order chi connectivity index (χ0) is 19.2. The van der Waals surface area contributed by atoms with E-state index in [4.69, 9.17) is 16.3 Å². The van der Waals surface area contributed by atoms with Crippen molar-refractivity contribution in [2.75, 3.05) is 12.4 Å². The maximum Gasteiger partial charge on any atom is 0.342 e. The minimum atomic E-state index is -2.22. The summed E-state index contributed by atoms with van der Waals surface area (Å²) in [7, 11) is 0. The summed E-state index contributed by atoms with van der Waals surface area (Å²) in [5.41, 5.74) is 0. The van der Waals surface area contributed by atoms with E-state index in [0.717, 1.165) is 0 Å². The van der Waals surface area contributed by atoms with E-state index in [1.807, 2.05) is 12.2 Å². The number of alkyl halides is 1. The van der Waals surface area contributed by atoms with Crippen molar-refractivity contribution in [3.05, 3.63) is 4.91 Å². The monoisotopic (exact) mass is 385 g/mol. The first-order chi connectivity index (χ1) is 11.7. The molecule has 1 saturated heterocycles. The SMILES string of the molecule is CCCC[C@]1(O)O[C@H](C(O)NC(=O)N(CCCl)N=O)[C@@H](O)[C@H](O)[C@H]1O. The average Bonchev–Trinajstić information content (AvgIpc) is 2.59. The van der Waals surface area contributed by atoms with Gasteiger partial charge in [-0.05, 0) is 6.42 Å². The van der Waals surface area contributed by atoms with Crippen LogP contribution in [0.2, 0.25) is 0 Å². The molecule has 0 aromatic heterocycles. The van der Waals surface area contributed by atoms with E-state index in [9.17, 15) is 35.2 Å². The number of urea groups is 1. The number of rotatable bonds is 8. The molecule has 0 saturated carbocycles. The smallest absolute Gasteiger partial charge is 0.342 e. The van der Waals surface area contributed by atoms with Crippen molar-refractivity contribution in [2.45, 2.75) is 62.6 Å². The number of amides is 2. The predicted octanol–water partition coefficient (Wildman–Crippen LogP) is -1.40. The normalized spacial score (nSPS) is 33.6. The number of carbonyl (C=O) groups excluding carboxylic acids is 1. The fraction of sp³-hybridized carbons (Fsp3) is 0.923. The molecule has 0 radical (unpaired) electrons. The van der Waals surface area contributed by atoms with Gasteiger partial charge in [0.25, 0.3) is 0 Å². The summed E-state index contributed by atoms with van der Waals surface area (Å²) in [4.78, 5) is 22.4. The zero-order valence-corrected chi connectivity index (χ0v) is 14.4. The minimum absolute atomic E-state index is 0.0696. The highest BCUT2D eigenvalue weighted by molar-refractivity contribution is 6.18. The van der Waals surface area contributed by atoms with Crippen LogP contribution in [0.4, 0.5) is 4.79 Å². The van der Waals surface area contributed by atoms with Crippen molar-refractivity contribution in [1.82, 2.24) is 10.3 Å². The predicted molar refractivity (Wildman–Crippen MR) is 85.1 cm³/mol. The second-order valence-corrected chi connectivity index (χ2v) is 6.12. The van der Waals surface area contributed by atoms with Crippen LogP contribution < -0.4 is 5.32 Å². The molecule has 0 aliphatic carbocycles. The molecule has 0 aromatic carbocycles. The lowest BCUT2D eigenvalue weighted by Crippen LogP contribution is -2.68. The Morgan fingerprint density at radius 2 is 2.04 bits per heavy atom. The molecule has 1 unspecified atom stereocenters. The highest BCUT2D eigenvalue weighted by Gasteiger charge is 2.54. The second kappa shape index (κ2) is 9.57. The summed E-state index contributed by atoms with van der Waals surface area (Å²) in [6, 6.07) is -1.11. The quantitative estimate of drug-likeness (QED) is 0.128. The summed E-state index contributed by atoms with van der Waals surface area (Å²) in [6.45, 7) is 1.60. The summed E-state index contributed by atoms with van der Waals surface area (Å²) in [5, 5.41) is 55.1. The molecule has 1 fully saturated rings. The van der Waals surface area contributed by atoms with Crippen molar-refractivity contribution in [3.63, 3.8) is 0 Å². The molecule has 0 aromatic rings. The highest BCUT2D eigenvalue weighted by atomic mass is 35.5. The molecule has 6 N–H and O–H groups in total. The molecular weight excluding hydrogens is 362 g/mol. The van der Waals surface area contributed by atoms with E-state index in [1.165, 1.54) is 0 Å². The molecule has 12 heteroatoms. The molecule has 0 bridgehead atoms. The number of halogens is 1. The van der Waals surface area contributed by atoms with E-state index in [1.54, 1.807) is 0 Å². The molecule has 0 spiro atoms. The fourth-order valence-corrected chi connectivity index (χ4v) is 2.61. The Kier molecular flexibility index (Phi) is 8.41. The van der Waals surface area contributed by atoms with E-state index < -0.39 is 42.5 Å². The molecule has 2 amide bonds. The third-order valence-corrected chi connectivity index (χ3v) is 4.08. The number of nitroso groups, excluding NO2 is 1.